The summed E-state index contributed by atoms with van der Waals surface area (Å²) in [7, 11) is -3.36. The van der Waals surface area contributed by atoms with Gasteiger partial charge in [0.25, 0.3) is 0 Å². The number of sulfonamides is 1. The van der Waals surface area contributed by atoms with Gasteiger partial charge in [0.15, 0.2) is 0 Å². The number of hydrogen-bond donors (Lipinski definition) is 1. The van der Waals surface area contributed by atoms with Crippen molar-refractivity contribution in [2.24, 2.45) is 0 Å². The summed E-state index contributed by atoms with van der Waals surface area (Å²) in [6.07, 6.45) is 10.2. The fourth-order valence-corrected chi connectivity index (χ4v) is 3.63. The Bertz CT molecular complexity index is 598. The van der Waals surface area contributed by atoms with Gasteiger partial charge in [0, 0.05) is 37.9 Å². The van der Waals surface area contributed by atoms with Crippen LogP contribution in [0.25, 0.3) is 0 Å². The predicted molar refractivity (Wildman–Crippen MR) is 89.1 cm³/mol. The third-order valence-corrected chi connectivity index (χ3v) is 5.39. The van der Waals surface area contributed by atoms with Crippen LogP contribution in [-0.4, -0.2) is 42.5 Å². The molecule has 1 aliphatic rings. The maximum atomic E-state index is 12.1. The molecular weight excluding hydrogens is 314 g/mol. The van der Waals surface area contributed by atoms with E-state index in [1.807, 2.05) is 0 Å². The number of rotatable bonds is 7. The molecule has 1 saturated carbocycles. The molecule has 0 radical (unpaired) electrons. The molecule has 0 saturated heterocycles. The fourth-order valence-electron chi connectivity index (χ4n) is 2.83. The van der Waals surface area contributed by atoms with Gasteiger partial charge in [0.2, 0.25) is 15.9 Å². The molecule has 6 nitrogen and oxygen atoms in total. The molecule has 1 fully saturated rings. The minimum atomic E-state index is -3.36. The van der Waals surface area contributed by atoms with Crippen molar-refractivity contribution in [1.82, 2.24) is 14.6 Å². The second kappa shape index (κ2) is 8.40. The van der Waals surface area contributed by atoms with Crippen LogP contribution in [0.1, 0.15) is 44.1 Å². The van der Waals surface area contributed by atoms with Crippen molar-refractivity contribution in [2.45, 2.75) is 51.1 Å². The molecule has 23 heavy (non-hydrogen) atoms. The second-order valence-electron chi connectivity index (χ2n) is 6.10. The highest BCUT2D eigenvalue weighted by Crippen LogP contribution is 2.17. The number of pyridine rings is 1. The Morgan fingerprint density at radius 3 is 2.52 bits per heavy atom. The molecule has 1 aliphatic carbocycles. The van der Waals surface area contributed by atoms with Crippen molar-refractivity contribution in [1.29, 1.82) is 0 Å². The molecule has 1 amide bonds. The Kier molecular flexibility index (Phi) is 6.53. The number of aromatic nitrogens is 1. The van der Waals surface area contributed by atoms with Crippen LogP contribution >= 0.6 is 0 Å². The Labute approximate surface area is 138 Å². The highest BCUT2D eigenvalue weighted by molar-refractivity contribution is 7.88. The highest BCUT2D eigenvalue weighted by atomic mass is 32.2. The minimum absolute atomic E-state index is 0.0692. The smallest absolute Gasteiger partial charge is 0.221 e. The van der Waals surface area contributed by atoms with Gasteiger partial charge < -0.3 is 5.32 Å². The Hall–Kier alpha value is -1.47. The average Bonchev–Trinajstić information content (AvgIpc) is 2.52. The topological polar surface area (TPSA) is 79.4 Å². The van der Waals surface area contributed by atoms with Crippen molar-refractivity contribution in [2.75, 3.05) is 12.8 Å². The van der Waals surface area contributed by atoms with E-state index >= 15 is 0 Å². The average molecular weight is 339 g/mol. The van der Waals surface area contributed by atoms with Gasteiger partial charge in [-0.15, -0.1) is 0 Å². The molecule has 7 heteroatoms. The molecule has 1 heterocycles. The summed E-state index contributed by atoms with van der Waals surface area (Å²) >= 11 is 0. The van der Waals surface area contributed by atoms with Gasteiger partial charge in [-0.3, -0.25) is 9.78 Å². The number of carbonyl (C=O) groups excluding carboxylic acids is 1. The molecule has 0 unspecified atom stereocenters. The zero-order chi connectivity index (χ0) is 16.7. The summed E-state index contributed by atoms with van der Waals surface area (Å²) in [5.74, 6) is -0.0692. The van der Waals surface area contributed by atoms with Gasteiger partial charge >= 0.3 is 0 Å². The van der Waals surface area contributed by atoms with Crippen molar-refractivity contribution >= 4 is 15.9 Å². The quantitative estimate of drug-likeness (QED) is 0.820. The van der Waals surface area contributed by atoms with Crippen molar-refractivity contribution in [3.05, 3.63) is 30.1 Å². The molecular formula is C16H25N3O3S. The van der Waals surface area contributed by atoms with E-state index in [1.165, 1.54) is 17.0 Å². The van der Waals surface area contributed by atoms with Crippen LogP contribution in [0, 0.1) is 0 Å². The van der Waals surface area contributed by atoms with E-state index in [4.69, 9.17) is 0 Å². The number of nitrogens with zero attached hydrogens (tertiary/aromatic N) is 2. The summed E-state index contributed by atoms with van der Waals surface area (Å²) in [6.45, 7) is 0.456. The maximum absolute atomic E-state index is 12.1. The number of carbonyl (C=O) groups is 1. The summed E-state index contributed by atoms with van der Waals surface area (Å²) < 4.78 is 25.2. The van der Waals surface area contributed by atoms with E-state index in [9.17, 15) is 13.2 Å². The number of hydrogen-bond acceptors (Lipinski definition) is 4. The molecule has 0 aliphatic heterocycles. The lowest BCUT2D eigenvalue weighted by molar-refractivity contribution is -0.122. The third-order valence-electron chi connectivity index (χ3n) is 4.14. The Balaban J connectivity index is 1.86. The van der Waals surface area contributed by atoms with E-state index in [1.54, 1.807) is 24.5 Å². The van der Waals surface area contributed by atoms with E-state index in [0.717, 1.165) is 31.2 Å². The van der Waals surface area contributed by atoms with Crippen LogP contribution in [0.4, 0.5) is 0 Å². The van der Waals surface area contributed by atoms with Gasteiger partial charge in [-0.25, -0.2) is 8.42 Å². The lowest BCUT2D eigenvalue weighted by Crippen LogP contribution is -2.39. The molecule has 128 valence electrons. The monoisotopic (exact) mass is 339 g/mol. The van der Waals surface area contributed by atoms with Crippen molar-refractivity contribution in [3.8, 4) is 0 Å². The Morgan fingerprint density at radius 2 is 1.91 bits per heavy atom. The lowest BCUT2D eigenvalue weighted by Gasteiger charge is -2.24. The van der Waals surface area contributed by atoms with Gasteiger partial charge in [-0.2, -0.15) is 4.31 Å². The standard InChI is InChI=1S/C16H25N3O3S/c1-23(21,22)19(13-14-7-10-17-11-8-14)12-9-16(20)18-15-5-3-2-4-6-15/h7-8,10-11,15H,2-6,9,12-13H2,1H3,(H,18,20). The number of amides is 1. The molecule has 2 rings (SSSR count). The molecule has 0 spiro atoms. The van der Waals surface area contributed by atoms with Crippen LogP contribution < -0.4 is 5.32 Å². The minimum Gasteiger partial charge on any atom is -0.353 e. The van der Waals surface area contributed by atoms with Crippen molar-refractivity contribution < 1.29 is 13.2 Å². The summed E-state index contributed by atoms with van der Waals surface area (Å²) in [5, 5.41) is 3.02. The molecule has 1 N–H and O–H groups in total. The van der Waals surface area contributed by atoms with E-state index in [0.29, 0.717) is 0 Å². The van der Waals surface area contributed by atoms with Gasteiger partial charge in [-0.1, -0.05) is 19.3 Å². The van der Waals surface area contributed by atoms with Gasteiger partial charge in [-0.05, 0) is 30.5 Å². The third kappa shape index (κ3) is 6.27. The van der Waals surface area contributed by atoms with Gasteiger partial charge in [0.1, 0.15) is 0 Å². The van der Waals surface area contributed by atoms with Crippen LogP contribution in [0.2, 0.25) is 0 Å². The number of nitrogens with one attached hydrogen (secondary N) is 1. The van der Waals surface area contributed by atoms with Gasteiger partial charge in [0.05, 0.1) is 6.26 Å². The summed E-state index contributed by atoms with van der Waals surface area (Å²) in [5.41, 5.74) is 0.859. The highest BCUT2D eigenvalue weighted by Gasteiger charge is 2.20. The van der Waals surface area contributed by atoms with E-state index in [-0.39, 0.29) is 31.5 Å². The first-order valence-electron chi connectivity index (χ1n) is 8.08. The zero-order valence-electron chi connectivity index (χ0n) is 13.6. The van der Waals surface area contributed by atoms with Crippen LogP contribution in [0.15, 0.2) is 24.5 Å². The molecule has 0 atom stereocenters. The molecule has 1 aromatic rings. The lowest BCUT2D eigenvalue weighted by atomic mass is 9.95. The molecule has 0 bridgehead atoms. The first kappa shape index (κ1) is 17.9. The predicted octanol–water partition coefficient (Wildman–Crippen LogP) is 1.68. The van der Waals surface area contributed by atoms with Crippen molar-refractivity contribution in [3.63, 3.8) is 0 Å². The second-order valence-corrected chi connectivity index (χ2v) is 8.09. The first-order valence-corrected chi connectivity index (χ1v) is 9.93. The maximum Gasteiger partial charge on any atom is 0.221 e. The summed E-state index contributed by atoms with van der Waals surface area (Å²) in [6, 6.07) is 3.81. The van der Waals surface area contributed by atoms with E-state index in [2.05, 4.69) is 10.3 Å². The first-order chi connectivity index (χ1) is 10.9. The normalized spacial score (nSPS) is 16.4. The Morgan fingerprint density at radius 1 is 1.26 bits per heavy atom. The van der Waals surface area contributed by atoms with Crippen LogP contribution in [0.5, 0.6) is 0 Å². The summed E-state index contributed by atoms with van der Waals surface area (Å²) in [4.78, 5) is 16.0. The molecule has 1 aromatic heterocycles. The largest absolute Gasteiger partial charge is 0.353 e. The molecule has 0 aromatic carbocycles. The van der Waals surface area contributed by atoms with Crippen LogP contribution in [0.3, 0.4) is 0 Å². The fraction of sp³-hybridized carbons (Fsp3) is 0.625. The van der Waals surface area contributed by atoms with E-state index < -0.39 is 10.0 Å². The van der Waals surface area contributed by atoms with Crippen LogP contribution in [-0.2, 0) is 21.4 Å². The zero-order valence-corrected chi connectivity index (χ0v) is 14.4. The SMILES string of the molecule is CS(=O)(=O)N(CCC(=O)NC1CCCCC1)Cc1ccncc1.